The fraction of sp³-hybridized carbons (Fsp3) is 0.875. The lowest BCUT2D eigenvalue weighted by Gasteiger charge is -2.33. The SMILES string of the molecule is CC(NC1=NCCN(C(=O)OC(C)(C)C)C1)C1CCOCC1. The molecule has 0 aromatic carbocycles. The second kappa shape index (κ2) is 7.31. The second-order valence-electron chi connectivity index (χ2n) is 7.11. The van der Waals surface area contributed by atoms with Crippen LogP contribution < -0.4 is 5.32 Å². The number of nitrogens with zero attached hydrogens (tertiary/aromatic N) is 2. The number of nitrogens with one attached hydrogen (secondary N) is 1. The van der Waals surface area contributed by atoms with Gasteiger partial charge >= 0.3 is 6.09 Å². The number of ether oxygens (including phenoxy) is 2. The average Bonchev–Trinajstić information content (AvgIpc) is 2.46. The van der Waals surface area contributed by atoms with E-state index in [0.717, 1.165) is 31.9 Å². The molecular weight excluding hydrogens is 282 g/mol. The number of carbonyl (C=O) groups is 1. The van der Waals surface area contributed by atoms with Crippen molar-refractivity contribution in [2.45, 2.75) is 52.2 Å². The van der Waals surface area contributed by atoms with E-state index in [2.05, 4.69) is 17.2 Å². The number of amidine groups is 1. The summed E-state index contributed by atoms with van der Waals surface area (Å²) in [5.41, 5.74) is -0.464. The Balaban J connectivity index is 1.84. The lowest BCUT2D eigenvalue weighted by atomic mass is 9.93. The Morgan fingerprint density at radius 2 is 2.09 bits per heavy atom. The summed E-state index contributed by atoms with van der Waals surface area (Å²) in [6.07, 6.45) is 1.90. The minimum Gasteiger partial charge on any atom is -0.444 e. The highest BCUT2D eigenvalue weighted by Crippen LogP contribution is 2.19. The van der Waals surface area contributed by atoms with Crippen molar-refractivity contribution in [3.63, 3.8) is 0 Å². The molecule has 1 N–H and O–H groups in total. The largest absolute Gasteiger partial charge is 0.444 e. The topological polar surface area (TPSA) is 63.2 Å². The molecule has 2 heterocycles. The van der Waals surface area contributed by atoms with Crippen LogP contribution in [0.2, 0.25) is 0 Å². The average molecular weight is 311 g/mol. The molecule has 1 unspecified atom stereocenters. The monoisotopic (exact) mass is 311 g/mol. The summed E-state index contributed by atoms with van der Waals surface area (Å²) in [7, 11) is 0. The van der Waals surface area contributed by atoms with Gasteiger partial charge in [-0.15, -0.1) is 0 Å². The lowest BCUT2D eigenvalue weighted by Crippen LogP contribution is -2.50. The highest BCUT2D eigenvalue weighted by atomic mass is 16.6. The van der Waals surface area contributed by atoms with E-state index in [0.29, 0.717) is 31.6 Å². The zero-order valence-corrected chi connectivity index (χ0v) is 14.2. The van der Waals surface area contributed by atoms with Crippen LogP contribution >= 0.6 is 0 Å². The molecule has 1 atom stereocenters. The van der Waals surface area contributed by atoms with Crippen molar-refractivity contribution in [1.29, 1.82) is 0 Å². The summed E-state index contributed by atoms with van der Waals surface area (Å²) < 4.78 is 10.8. The smallest absolute Gasteiger partial charge is 0.410 e. The Hall–Kier alpha value is -1.30. The first kappa shape index (κ1) is 17.1. The van der Waals surface area contributed by atoms with Crippen molar-refractivity contribution in [1.82, 2.24) is 10.2 Å². The molecular formula is C16H29N3O3. The lowest BCUT2D eigenvalue weighted by molar-refractivity contribution is 0.0275. The van der Waals surface area contributed by atoms with Gasteiger partial charge in [0.15, 0.2) is 0 Å². The fourth-order valence-corrected chi connectivity index (χ4v) is 2.79. The number of aliphatic imine (C=N–C) groups is 1. The van der Waals surface area contributed by atoms with Crippen molar-refractivity contribution in [2.24, 2.45) is 10.9 Å². The maximum Gasteiger partial charge on any atom is 0.410 e. The fourth-order valence-electron chi connectivity index (χ4n) is 2.79. The molecule has 0 aromatic rings. The third-order valence-electron chi connectivity index (χ3n) is 4.03. The van der Waals surface area contributed by atoms with Crippen LogP contribution in [0.25, 0.3) is 0 Å². The Labute approximate surface area is 133 Å². The molecule has 1 saturated heterocycles. The molecule has 1 amide bonds. The molecule has 0 aromatic heterocycles. The van der Waals surface area contributed by atoms with E-state index in [1.807, 2.05) is 20.8 Å². The van der Waals surface area contributed by atoms with Crippen LogP contribution in [-0.2, 0) is 9.47 Å². The summed E-state index contributed by atoms with van der Waals surface area (Å²) in [5.74, 6) is 1.49. The maximum atomic E-state index is 12.2. The summed E-state index contributed by atoms with van der Waals surface area (Å²) in [5, 5.41) is 3.48. The van der Waals surface area contributed by atoms with Crippen LogP contribution in [0.15, 0.2) is 4.99 Å². The first-order chi connectivity index (χ1) is 10.3. The van der Waals surface area contributed by atoms with Crippen molar-refractivity contribution < 1.29 is 14.3 Å². The molecule has 22 heavy (non-hydrogen) atoms. The first-order valence-corrected chi connectivity index (χ1v) is 8.21. The molecule has 6 nitrogen and oxygen atoms in total. The third kappa shape index (κ3) is 5.16. The molecule has 0 aliphatic carbocycles. The van der Waals surface area contributed by atoms with Crippen LogP contribution in [0.5, 0.6) is 0 Å². The molecule has 0 radical (unpaired) electrons. The first-order valence-electron chi connectivity index (χ1n) is 8.21. The van der Waals surface area contributed by atoms with Crippen LogP contribution in [0.4, 0.5) is 4.79 Å². The zero-order chi connectivity index (χ0) is 16.2. The highest BCUT2D eigenvalue weighted by molar-refractivity contribution is 5.88. The van der Waals surface area contributed by atoms with Gasteiger partial charge in [-0.1, -0.05) is 0 Å². The van der Waals surface area contributed by atoms with Crippen LogP contribution in [-0.4, -0.2) is 61.3 Å². The van der Waals surface area contributed by atoms with Gasteiger partial charge in [0.05, 0.1) is 13.1 Å². The van der Waals surface area contributed by atoms with Gasteiger partial charge in [0.1, 0.15) is 11.4 Å². The van der Waals surface area contributed by atoms with Gasteiger partial charge in [0.2, 0.25) is 0 Å². The number of amides is 1. The van der Waals surface area contributed by atoms with Crippen LogP contribution in [0.1, 0.15) is 40.5 Å². The van der Waals surface area contributed by atoms with Crippen molar-refractivity contribution in [3.05, 3.63) is 0 Å². The molecule has 2 aliphatic heterocycles. The number of hydrogen-bond donors (Lipinski definition) is 1. The Bertz CT molecular complexity index is 411. The molecule has 1 fully saturated rings. The van der Waals surface area contributed by atoms with Gasteiger partial charge in [-0.05, 0) is 46.5 Å². The van der Waals surface area contributed by atoms with E-state index in [9.17, 15) is 4.79 Å². The standard InChI is InChI=1S/C16H29N3O3/c1-12(13-5-9-21-10-6-13)18-14-11-19(8-7-17-14)15(20)22-16(2,3)4/h12-13H,5-11H2,1-4H3,(H,17,18). The molecule has 0 spiro atoms. The van der Waals surface area contributed by atoms with Crippen molar-refractivity contribution in [3.8, 4) is 0 Å². The molecule has 0 bridgehead atoms. The van der Waals surface area contributed by atoms with E-state index < -0.39 is 5.60 Å². The Morgan fingerprint density at radius 3 is 2.73 bits per heavy atom. The van der Waals surface area contributed by atoms with Gasteiger partial charge < -0.3 is 14.8 Å². The van der Waals surface area contributed by atoms with E-state index in [1.165, 1.54) is 0 Å². The van der Waals surface area contributed by atoms with Gasteiger partial charge in [-0.2, -0.15) is 0 Å². The van der Waals surface area contributed by atoms with Gasteiger partial charge in [-0.25, -0.2) is 4.79 Å². The molecule has 2 rings (SSSR count). The zero-order valence-electron chi connectivity index (χ0n) is 14.2. The van der Waals surface area contributed by atoms with E-state index in [4.69, 9.17) is 9.47 Å². The third-order valence-corrected chi connectivity index (χ3v) is 4.03. The molecule has 6 heteroatoms. The van der Waals surface area contributed by atoms with Gasteiger partial charge in [-0.3, -0.25) is 9.89 Å². The van der Waals surface area contributed by atoms with Gasteiger partial charge in [0, 0.05) is 25.8 Å². The van der Waals surface area contributed by atoms with E-state index >= 15 is 0 Å². The molecule has 2 aliphatic rings. The number of rotatable bonds is 2. The predicted molar refractivity (Wildman–Crippen MR) is 86.2 cm³/mol. The second-order valence-corrected chi connectivity index (χ2v) is 7.11. The summed E-state index contributed by atoms with van der Waals surface area (Å²) in [4.78, 5) is 18.4. The number of carbonyl (C=O) groups excluding carboxylic acids is 1. The maximum absolute atomic E-state index is 12.2. The van der Waals surface area contributed by atoms with E-state index in [-0.39, 0.29) is 6.09 Å². The quantitative estimate of drug-likeness (QED) is 0.847. The van der Waals surface area contributed by atoms with Crippen LogP contribution in [0.3, 0.4) is 0 Å². The minimum atomic E-state index is -0.464. The highest BCUT2D eigenvalue weighted by Gasteiger charge is 2.27. The Morgan fingerprint density at radius 1 is 1.41 bits per heavy atom. The summed E-state index contributed by atoms with van der Waals surface area (Å²) >= 11 is 0. The summed E-state index contributed by atoms with van der Waals surface area (Å²) in [6.45, 7) is 11.3. The van der Waals surface area contributed by atoms with Crippen molar-refractivity contribution >= 4 is 11.9 Å². The van der Waals surface area contributed by atoms with Crippen LogP contribution in [0, 0.1) is 5.92 Å². The molecule has 126 valence electrons. The summed E-state index contributed by atoms with van der Waals surface area (Å²) in [6, 6.07) is 0.348. The molecule has 0 saturated carbocycles. The normalized spacial score (nSPS) is 22.0. The van der Waals surface area contributed by atoms with Gasteiger partial charge in [0.25, 0.3) is 0 Å². The number of hydrogen-bond acceptors (Lipinski definition) is 5. The minimum absolute atomic E-state index is 0.264. The van der Waals surface area contributed by atoms with Crippen molar-refractivity contribution in [2.75, 3.05) is 32.8 Å². The van der Waals surface area contributed by atoms with E-state index in [1.54, 1.807) is 4.90 Å². The Kier molecular flexibility index (Phi) is 5.67. The predicted octanol–water partition coefficient (Wildman–Crippen LogP) is 2.04.